The Hall–Kier alpha value is -1.61. The van der Waals surface area contributed by atoms with Crippen LogP contribution < -0.4 is 0 Å². The summed E-state index contributed by atoms with van der Waals surface area (Å²) in [4.78, 5) is 4.89. The van der Waals surface area contributed by atoms with Gasteiger partial charge in [-0.3, -0.25) is 0 Å². The lowest BCUT2D eigenvalue weighted by atomic mass is 9.95. The molecule has 0 saturated heterocycles. The van der Waals surface area contributed by atoms with Crippen molar-refractivity contribution in [2.75, 3.05) is 0 Å². The monoisotopic (exact) mass is 326 g/mol. The standard InChI is InChI=1S/C20H26N2S/c1-5-14(3)20-21-18(13-23-20)19-12-16(6-2)15(4)22(19)17-10-8-7-9-11-17/h5-6,12-13,17H,2,7-11H2,1,3-4H3/b14-5+. The van der Waals surface area contributed by atoms with Crippen LogP contribution in [-0.4, -0.2) is 9.55 Å². The summed E-state index contributed by atoms with van der Waals surface area (Å²) >= 11 is 1.74. The summed E-state index contributed by atoms with van der Waals surface area (Å²) in [7, 11) is 0. The van der Waals surface area contributed by atoms with Gasteiger partial charge in [-0.2, -0.15) is 0 Å². The number of nitrogens with zero attached hydrogens (tertiary/aromatic N) is 2. The van der Waals surface area contributed by atoms with E-state index in [4.69, 9.17) is 4.98 Å². The number of allylic oxidation sites excluding steroid dienone is 2. The third-order valence-corrected chi connectivity index (χ3v) is 6.01. The topological polar surface area (TPSA) is 17.8 Å². The van der Waals surface area contributed by atoms with Crippen molar-refractivity contribution in [2.45, 2.75) is 58.9 Å². The molecule has 2 aromatic heterocycles. The first-order valence-electron chi connectivity index (χ1n) is 8.59. The van der Waals surface area contributed by atoms with Gasteiger partial charge in [0.25, 0.3) is 0 Å². The van der Waals surface area contributed by atoms with Crippen molar-refractivity contribution in [1.29, 1.82) is 0 Å². The van der Waals surface area contributed by atoms with Crippen molar-refractivity contribution in [3.63, 3.8) is 0 Å². The number of thiazole rings is 1. The predicted octanol–water partition coefficient (Wildman–Crippen LogP) is 6.49. The molecule has 3 rings (SSSR count). The first-order valence-corrected chi connectivity index (χ1v) is 9.47. The fourth-order valence-corrected chi connectivity index (χ4v) is 4.40. The summed E-state index contributed by atoms with van der Waals surface area (Å²) in [6.45, 7) is 10.4. The Kier molecular flexibility index (Phi) is 4.86. The summed E-state index contributed by atoms with van der Waals surface area (Å²) in [5, 5.41) is 3.32. The highest BCUT2D eigenvalue weighted by Gasteiger charge is 2.22. The molecule has 0 aromatic carbocycles. The molecule has 2 aromatic rings. The Morgan fingerprint density at radius 2 is 2.09 bits per heavy atom. The van der Waals surface area contributed by atoms with Gasteiger partial charge in [-0.15, -0.1) is 11.3 Å². The normalized spacial score (nSPS) is 16.7. The molecular formula is C20H26N2S. The Bertz CT molecular complexity index is 727. The van der Waals surface area contributed by atoms with E-state index in [0.717, 1.165) is 10.7 Å². The van der Waals surface area contributed by atoms with E-state index in [1.165, 1.54) is 54.6 Å². The zero-order chi connectivity index (χ0) is 16.4. The van der Waals surface area contributed by atoms with Crippen LogP contribution in [-0.2, 0) is 0 Å². The smallest absolute Gasteiger partial charge is 0.119 e. The molecule has 0 N–H and O–H groups in total. The second kappa shape index (κ2) is 6.88. The molecule has 23 heavy (non-hydrogen) atoms. The maximum Gasteiger partial charge on any atom is 0.119 e. The Labute approximate surface area is 143 Å². The van der Waals surface area contributed by atoms with Gasteiger partial charge in [0.1, 0.15) is 5.01 Å². The van der Waals surface area contributed by atoms with E-state index in [1.807, 2.05) is 6.08 Å². The molecule has 122 valence electrons. The highest BCUT2D eigenvalue weighted by atomic mass is 32.1. The van der Waals surface area contributed by atoms with Crippen LogP contribution in [0.1, 0.15) is 68.3 Å². The van der Waals surface area contributed by atoms with Gasteiger partial charge in [-0.05, 0) is 50.8 Å². The molecular weight excluding hydrogens is 300 g/mol. The van der Waals surface area contributed by atoms with Gasteiger partial charge < -0.3 is 4.57 Å². The van der Waals surface area contributed by atoms with Gasteiger partial charge >= 0.3 is 0 Å². The van der Waals surface area contributed by atoms with Crippen LogP contribution >= 0.6 is 11.3 Å². The first-order chi connectivity index (χ1) is 11.2. The average Bonchev–Trinajstić information content (AvgIpc) is 3.19. The van der Waals surface area contributed by atoms with Crippen molar-refractivity contribution in [3.8, 4) is 11.4 Å². The van der Waals surface area contributed by atoms with Gasteiger partial charge in [0, 0.05) is 17.1 Å². The summed E-state index contributed by atoms with van der Waals surface area (Å²) in [5.41, 5.74) is 6.18. The van der Waals surface area contributed by atoms with Crippen molar-refractivity contribution in [2.24, 2.45) is 0 Å². The summed E-state index contributed by atoms with van der Waals surface area (Å²) < 4.78 is 2.53. The zero-order valence-electron chi connectivity index (χ0n) is 14.4. The van der Waals surface area contributed by atoms with Crippen LogP contribution in [0.2, 0.25) is 0 Å². The molecule has 1 aliphatic rings. The van der Waals surface area contributed by atoms with Crippen LogP contribution in [0.25, 0.3) is 23.0 Å². The third kappa shape index (κ3) is 3.07. The lowest BCUT2D eigenvalue weighted by molar-refractivity contribution is 0.352. The SMILES string of the molecule is C=Cc1cc(-c2csc(/C(C)=C/C)n2)n(C2CCCCC2)c1C. The quantitative estimate of drug-likeness (QED) is 0.627. The number of hydrogen-bond donors (Lipinski definition) is 0. The number of rotatable bonds is 4. The van der Waals surface area contributed by atoms with Crippen molar-refractivity contribution < 1.29 is 0 Å². The van der Waals surface area contributed by atoms with E-state index in [9.17, 15) is 0 Å². The number of aromatic nitrogens is 2. The minimum atomic E-state index is 0.611. The van der Waals surface area contributed by atoms with Gasteiger partial charge in [-0.25, -0.2) is 4.98 Å². The van der Waals surface area contributed by atoms with E-state index in [2.05, 4.69) is 49.4 Å². The van der Waals surface area contributed by atoms with Gasteiger partial charge in [0.2, 0.25) is 0 Å². The fourth-order valence-electron chi connectivity index (χ4n) is 3.55. The van der Waals surface area contributed by atoms with Gasteiger partial charge in [0.15, 0.2) is 0 Å². The van der Waals surface area contributed by atoms with Crippen LogP contribution in [0.5, 0.6) is 0 Å². The summed E-state index contributed by atoms with van der Waals surface area (Å²) in [6, 6.07) is 2.88. The molecule has 2 nitrogen and oxygen atoms in total. The molecule has 0 aliphatic heterocycles. The minimum Gasteiger partial charge on any atom is -0.340 e. The van der Waals surface area contributed by atoms with Crippen LogP contribution in [0.15, 0.2) is 24.1 Å². The zero-order valence-corrected chi connectivity index (χ0v) is 15.2. The lowest BCUT2D eigenvalue weighted by Gasteiger charge is -2.26. The maximum atomic E-state index is 4.89. The molecule has 3 heteroatoms. The molecule has 1 fully saturated rings. The first kappa shape index (κ1) is 16.3. The largest absolute Gasteiger partial charge is 0.340 e. The average molecular weight is 327 g/mol. The van der Waals surface area contributed by atoms with Crippen LogP contribution in [0, 0.1) is 6.92 Å². The molecule has 0 amide bonds. The molecule has 0 spiro atoms. The fraction of sp³-hybridized carbons (Fsp3) is 0.450. The third-order valence-electron chi connectivity index (χ3n) is 5.03. The van der Waals surface area contributed by atoms with E-state index in [-0.39, 0.29) is 0 Å². The van der Waals surface area contributed by atoms with Crippen molar-refractivity contribution in [1.82, 2.24) is 9.55 Å². The molecule has 1 saturated carbocycles. The van der Waals surface area contributed by atoms with E-state index >= 15 is 0 Å². The Morgan fingerprint density at radius 3 is 2.74 bits per heavy atom. The second-order valence-corrected chi connectivity index (χ2v) is 7.30. The molecule has 1 aliphatic carbocycles. The minimum absolute atomic E-state index is 0.611. The Balaban J connectivity index is 2.07. The van der Waals surface area contributed by atoms with E-state index in [0.29, 0.717) is 6.04 Å². The summed E-state index contributed by atoms with van der Waals surface area (Å²) in [5.74, 6) is 0. The summed E-state index contributed by atoms with van der Waals surface area (Å²) in [6.07, 6.45) is 10.7. The highest BCUT2D eigenvalue weighted by molar-refractivity contribution is 7.11. The second-order valence-electron chi connectivity index (χ2n) is 6.45. The molecule has 0 radical (unpaired) electrons. The maximum absolute atomic E-state index is 4.89. The van der Waals surface area contributed by atoms with Crippen molar-refractivity contribution in [3.05, 3.63) is 40.4 Å². The van der Waals surface area contributed by atoms with E-state index in [1.54, 1.807) is 11.3 Å². The lowest BCUT2D eigenvalue weighted by Crippen LogP contribution is -2.15. The van der Waals surface area contributed by atoms with Gasteiger partial charge in [-0.1, -0.05) is 38.0 Å². The van der Waals surface area contributed by atoms with Crippen LogP contribution in [0.4, 0.5) is 0 Å². The Morgan fingerprint density at radius 1 is 1.35 bits per heavy atom. The van der Waals surface area contributed by atoms with Crippen LogP contribution in [0.3, 0.4) is 0 Å². The molecule has 0 bridgehead atoms. The van der Waals surface area contributed by atoms with Gasteiger partial charge in [0.05, 0.1) is 11.4 Å². The molecule has 0 unspecified atom stereocenters. The molecule has 2 heterocycles. The van der Waals surface area contributed by atoms with E-state index < -0.39 is 0 Å². The molecule has 0 atom stereocenters. The van der Waals surface area contributed by atoms with Crippen molar-refractivity contribution >= 4 is 23.0 Å². The highest BCUT2D eigenvalue weighted by Crippen LogP contribution is 2.37. The number of hydrogen-bond acceptors (Lipinski definition) is 2. The predicted molar refractivity (Wildman–Crippen MR) is 102 cm³/mol.